The van der Waals surface area contributed by atoms with Gasteiger partial charge in [-0.25, -0.2) is 0 Å². The lowest BCUT2D eigenvalue weighted by Gasteiger charge is -2.22. The molecule has 1 saturated carbocycles. The summed E-state index contributed by atoms with van der Waals surface area (Å²) < 4.78 is 0. The molecule has 1 aliphatic carbocycles. The van der Waals surface area contributed by atoms with E-state index in [0.717, 1.165) is 47.6 Å². The molecule has 4 heteroatoms. The molecule has 1 aliphatic rings. The van der Waals surface area contributed by atoms with Gasteiger partial charge in [0.15, 0.2) is 0 Å². The third kappa shape index (κ3) is 4.48. The minimum atomic E-state index is -0.279. The Labute approximate surface area is 171 Å². The van der Waals surface area contributed by atoms with Gasteiger partial charge in [-0.1, -0.05) is 85.6 Å². The normalized spacial score (nSPS) is 15.2. The van der Waals surface area contributed by atoms with Crippen molar-refractivity contribution < 1.29 is 9.59 Å². The van der Waals surface area contributed by atoms with Crippen LogP contribution in [-0.2, 0) is 9.59 Å². The molecular formula is C25H26N2O2. The predicted octanol–water partition coefficient (Wildman–Crippen LogP) is 4.35. The number of fused-ring (bicyclic) bond motifs is 1. The Morgan fingerprint density at radius 2 is 1.55 bits per heavy atom. The lowest BCUT2D eigenvalue weighted by Crippen LogP contribution is -2.40. The fourth-order valence-electron chi connectivity index (χ4n) is 4.20. The van der Waals surface area contributed by atoms with E-state index in [1.165, 1.54) is 0 Å². The molecule has 2 N–H and O–H groups in total. The van der Waals surface area contributed by atoms with Gasteiger partial charge in [-0.05, 0) is 34.7 Å². The first-order valence-corrected chi connectivity index (χ1v) is 10.3. The van der Waals surface area contributed by atoms with E-state index in [2.05, 4.69) is 34.9 Å². The fraction of sp³-hybridized carbons (Fsp3) is 0.280. The molecular weight excluding hydrogens is 360 g/mol. The number of rotatable bonds is 6. The first-order valence-electron chi connectivity index (χ1n) is 10.3. The van der Waals surface area contributed by atoms with Gasteiger partial charge < -0.3 is 10.6 Å². The highest BCUT2D eigenvalue weighted by molar-refractivity contribution is 5.89. The highest BCUT2D eigenvalue weighted by atomic mass is 16.2. The zero-order chi connectivity index (χ0) is 20.1. The van der Waals surface area contributed by atoms with Gasteiger partial charge in [-0.15, -0.1) is 0 Å². The zero-order valence-corrected chi connectivity index (χ0v) is 16.4. The number of carbonyl (C=O) groups excluding carboxylic acids is 2. The van der Waals surface area contributed by atoms with E-state index >= 15 is 0 Å². The Morgan fingerprint density at radius 1 is 0.862 bits per heavy atom. The van der Waals surface area contributed by atoms with Crippen LogP contribution in [0, 0.1) is 5.92 Å². The van der Waals surface area contributed by atoms with E-state index in [9.17, 15) is 9.59 Å². The average molecular weight is 386 g/mol. The van der Waals surface area contributed by atoms with Gasteiger partial charge >= 0.3 is 0 Å². The second-order valence-corrected chi connectivity index (χ2v) is 7.68. The van der Waals surface area contributed by atoms with E-state index in [4.69, 9.17) is 0 Å². The molecule has 148 valence electrons. The molecule has 4 nitrogen and oxygen atoms in total. The number of benzene rings is 3. The van der Waals surface area contributed by atoms with Crippen LogP contribution in [-0.4, -0.2) is 18.4 Å². The van der Waals surface area contributed by atoms with Crippen LogP contribution >= 0.6 is 0 Å². The molecule has 0 aromatic heterocycles. The lowest BCUT2D eigenvalue weighted by atomic mass is 9.93. The Bertz CT molecular complexity index is 989. The summed E-state index contributed by atoms with van der Waals surface area (Å²) >= 11 is 0. The van der Waals surface area contributed by atoms with Gasteiger partial charge in [0.1, 0.15) is 0 Å². The minimum absolute atomic E-state index is 0.000859. The van der Waals surface area contributed by atoms with Crippen molar-refractivity contribution in [2.75, 3.05) is 6.54 Å². The van der Waals surface area contributed by atoms with Gasteiger partial charge in [0, 0.05) is 5.92 Å². The van der Waals surface area contributed by atoms with Crippen LogP contribution in [0.4, 0.5) is 0 Å². The van der Waals surface area contributed by atoms with Gasteiger partial charge in [-0.3, -0.25) is 9.59 Å². The summed E-state index contributed by atoms with van der Waals surface area (Å²) in [6.07, 6.45) is 4.05. The molecule has 29 heavy (non-hydrogen) atoms. The smallest absolute Gasteiger partial charge is 0.240 e. The van der Waals surface area contributed by atoms with Gasteiger partial charge in [-0.2, -0.15) is 0 Å². The monoisotopic (exact) mass is 386 g/mol. The van der Waals surface area contributed by atoms with Crippen molar-refractivity contribution in [3.05, 3.63) is 83.9 Å². The summed E-state index contributed by atoms with van der Waals surface area (Å²) in [7, 11) is 0. The van der Waals surface area contributed by atoms with Crippen LogP contribution in [0.15, 0.2) is 72.8 Å². The number of hydrogen-bond acceptors (Lipinski definition) is 2. The van der Waals surface area contributed by atoms with Gasteiger partial charge in [0.05, 0.1) is 12.6 Å². The van der Waals surface area contributed by atoms with Gasteiger partial charge in [0.2, 0.25) is 11.8 Å². The molecule has 1 atom stereocenters. The van der Waals surface area contributed by atoms with Crippen LogP contribution < -0.4 is 10.6 Å². The van der Waals surface area contributed by atoms with Crippen molar-refractivity contribution in [2.45, 2.75) is 31.7 Å². The molecule has 1 unspecified atom stereocenters. The molecule has 0 bridgehead atoms. The summed E-state index contributed by atoms with van der Waals surface area (Å²) in [6, 6.07) is 24.0. The zero-order valence-electron chi connectivity index (χ0n) is 16.4. The fourth-order valence-corrected chi connectivity index (χ4v) is 4.20. The molecule has 2 amide bonds. The number of hydrogen-bond donors (Lipinski definition) is 2. The largest absolute Gasteiger partial charge is 0.347 e. The Balaban J connectivity index is 1.55. The van der Waals surface area contributed by atoms with E-state index in [0.29, 0.717) is 0 Å². The van der Waals surface area contributed by atoms with Crippen molar-refractivity contribution in [2.24, 2.45) is 5.92 Å². The third-order valence-electron chi connectivity index (χ3n) is 5.72. The van der Waals surface area contributed by atoms with Crippen molar-refractivity contribution in [3.8, 4) is 0 Å². The highest BCUT2D eigenvalue weighted by Gasteiger charge is 2.24. The molecule has 0 radical (unpaired) electrons. The van der Waals surface area contributed by atoms with Crippen molar-refractivity contribution in [3.63, 3.8) is 0 Å². The predicted molar refractivity (Wildman–Crippen MR) is 115 cm³/mol. The summed E-state index contributed by atoms with van der Waals surface area (Å²) in [5.74, 6) is -0.122. The number of amides is 2. The van der Waals surface area contributed by atoms with E-state index < -0.39 is 0 Å². The SMILES string of the molecule is O=C(CNC(=O)C1CCCC1)NC(c1ccccc1)c1cccc2ccccc12. The minimum Gasteiger partial charge on any atom is -0.347 e. The number of nitrogens with one attached hydrogen (secondary N) is 2. The second-order valence-electron chi connectivity index (χ2n) is 7.68. The summed E-state index contributed by atoms with van der Waals surface area (Å²) in [5.41, 5.74) is 2.06. The second kappa shape index (κ2) is 8.91. The maximum atomic E-state index is 12.7. The Hall–Kier alpha value is -3.14. The van der Waals surface area contributed by atoms with E-state index in [1.54, 1.807) is 0 Å². The standard InChI is InChI=1S/C25H26N2O2/c28-23(17-26-25(29)20-12-4-5-13-20)27-24(19-10-2-1-3-11-19)22-16-8-14-18-9-6-7-15-21(18)22/h1-3,6-11,14-16,20,24H,4-5,12-13,17H2,(H,26,29)(H,27,28). The van der Waals surface area contributed by atoms with Crippen LogP contribution in [0.3, 0.4) is 0 Å². The number of carbonyl (C=O) groups is 2. The van der Waals surface area contributed by atoms with Crippen LogP contribution in [0.25, 0.3) is 10.8 Å². The van der Waals surface area contributed by atoms with Gasteiger partial charge in [0.25, 0.3) is 0 Å². The molecule has 0 saturated heterocycles. The van der Waals surface area contributed by atoms with Crippen molar-refractivity contribution in [1.82, 2.24) is 10.6 Å². The van der Waals surface area contributed by atoms with Crippen LogP contribution in [0.1, 0.15) is 42.9 Å². The summed E-state index contributed by atoms with van der Waals surface area (Å²) in [4.78, 5) is 25.0. The molecule has 0 aliphatic heterocycles. The quantitative estimate of drug-likeness (QED) is 0.662. The molecule has 1 fully saturated rings. The average Bonchev–Trinajstić information content (AvgIpc) is 3.31. The van der Waals surface area contributed by atoms with Crippen LogP contribution in [0.5, 0.6) is 0 Å². The molecule has 3 aromatic carbocycles. The third-order valence-corrected chi connectivity index (χ3v) is 5.72. The molecule has 4 rings (SSSR count). The lowest BCUT2D eigenvalue weighted by molar-refractivity contribution is -0.128. The first kappa shape index (κ1) is 19.2. The molecule has 3 aromatic rings. The Kier molecular flexibility index (Phi) is 5.89. The van der Waals surface area contributed by atoms with Crippen molar-refractivity contribution in [1.29, 1.82) is 0 Å². The van der Waals surface area contributed by atoms with E-state index in [-0.39, 0.29) is 30.3 Å². The topological polar surface area (TPSA) is 58.2 Å². The van der Waals surface area contributed by atoms with E-state index in [1.807, 2.05) is 48.5 Å². The maximum Gasteiger partial charge on any atom is 0.240 e. The van der Waals surface area contributed by atoms with Crippen molar-refractivity contribution >= 4 is 22.6 Å². The summed E-state index contributed by atoms with van der Waals surface area (Å²) in [5, 5.41) is 8.20. The summed E-state index contributed by atoms with van der Waals surface area (Å²) in [6.45, 7) is 0.00341. The maximum absolute atomic E-state index is 12.7. The molecule has 0 heterocycles. The first-order chi connectivity index (χ1) is 14.2. The highest BCUT2D eigenvalue weighted by Crippen LogP contribution is 2.29. The Morgan fingerprint density at radius 3 is 2.34 bits per heavy atom. The molecule has 0 spiro atoms. The van der Waals surface area contributed by atoms with Crippen LogP contribution in [0.2, 0.25) is 0 Å².